The molecule has 0 radical (unpaired) electrons. The molecule has 0 spiro atoms. The van der Waals surface area contributed by atoms with E-state index in [1.165, 1.54) is 17.2 Å². The third-order valence-corrected chi connectivity index (χ3v) is 2.21. The average molecular weight is 249 g/mol. The van der Waals surface area contributed by atoms with Crippen LogP contribution in [0.15, 0.2) is 31.0 Å². The van der Waals surface area contributed by atoms with Crippen LogP contribution in [-0.2, 0) is 16.0 Å². The highest BCUT2D eigenvalue weighted by atomic mass is 16.4. The lowest BCUT2D eigenvalue weighted by molar-refractivity contribution is -0.143. The fourth-order valence-corrected chi connectivity index (χ4v) is 1.38. The maximum absolute atomic E-state index is 11.9. The minimum atomic E-state index is -1.06. The van der Waals surface area contributed by atoms with E-state index in [-0.39, 0.29) is 25.4 Å². The number of nitrogen functional groups attached to an aromatic ring is 1. The van der Waals surface area contributed by atoms with E-state index in [4.69, 9.17) is 10.8 Å². The van der Waals surface area contributed by atoms with Gasteiger partial charge in [0.2, 0.25) is 5.91 Å². The first kappa shape index (κ1) is 13.7. The zero-order valence-electron chi connectivity index (χ0n) is 9.87. The van der Waals surface area contributed by atoms with E-state index in [1.54, 1.807) is 12.1 Å². The molecule has 0 atom stereocenters. The van der Waals surface area contributed by atoms with Crippen molar-refractivity contribution in [2.45, 2.75) is 6.42 Å². The highest BCUT2D eigenvalue weighted by Gasteiger charge is 2.16. The quantitative estimate of drug-likeness (QED) is 0.707. The number of amides is 1. The Morgan fingerprint density at radius 3 is 2.72 bits per heavy atom. The zero-order valence-corrected chi connectivity index (χ0v) is 9.87. The molecule has 1 aromatic heterocycles. The molecule has 3 N–H and O–H groups in total. The molecule has 0 saturated heterocycles. The molecule has 0 aromatic carbocycles. The van der Waals surface area contributed by atoms with Crippen LogP contribution < -0.4 is 5.73 Å². The number of rotatable bonds is 6. The maximum atomic E-state index is 11.9. The summed E-state index contributed by atoms with van der Waals surface area (Å²) in [5.41, 5.74) is 6.55. The van der Waals surface area contributed by atoms with Crippen molar-refractivity contribution in [3.8, 4) is 0 Å². The Morgan fingerprint density at radius 1 is 1.50 bits per heavy atom. The van der Waals surface area contributed by atoms with Crippen molar-refractivity contribution in [3.05, 3.63) is 36.7 Å². The number of nitrogens with two attached hydrogens (primary N) is 1. The summed E-state index contributed by atoms with van der Waals surface area (Å²) < 4.78 is 0. The van der Waals surface area contributed by atoms with Crippen molar-refractivity contribution in [2.24, 2.45) is 0 Å². The number of pyridine rings is 1. The van der Waals surface area contributed by atoms with Gasteiger partial charge < -0.3 is 15.7 Å². The van der Waals surface area contributed by atoms with Crippen LogP contribution in [0.4, 0.5) is 5.69 Å². The van der Waals surface area contributed by atoms with E-state index < -0.39 is 5.97 Å². The molecule has 1 rings (SSSR count). The number of carbonyl (C=O) groups excluding carboxylic acids is 1. The third-order valence-electron chi connectivity index (χ3n) is 2.21. The molecule has 0 unspecified atom stereocenters. The Balaban J connectivity index is 2.68. The van der Waals surface area contributed by atoms with Gasteiger partial charge in [-0.2, -0.15) is 0 Å². The van der Waals surface area contributed by atoms with Gasteiger partial charge in [-0.1, -0.05) is 6.08 Å². The van der Waals surface area contributed by atoms with Crippen molar-refractivity contribution in [1.29, 1.82) is 0 Å². The van der Waals surface area contributed by atoms with Crippen LogP contribution in [0.2, 0.25) is 0 Å². The second kappa shape index (κ2) is 6.39. The van der Waals surface area contributed by atoms with E-state index in [9.17, 15) is 9.59 Å². The van der Waals surface area contributed by atoms with Gasteiger partial charge in [0.15, 0.2) is 0 Å². The largest absolute Gasteiger partial charge is 0.480 e. The Morgan fingerprint density at radius 2 is 2.22 bits per heavy atom. The molecule has 0 bridgehead atoms. The molecule has 0 fully saturated rings. The molecule has 0 aliphatic heterocycles. The summed E-state index contributed by atoms with van der Waals surface area (Å²) in [5, 5.41) is 8.70. The molecule has 1 amide bonds. The number of carboxylic acids is 1. The van der Waals surface area contributed by atoms with E-state index in [2.05, 4.69) is 11.6 Å². The number of nitrogens with zero attached hydrogens (tertiary/aromatic N) is 2. The first-order valence-electron chi connectivity index (χ1n) is 5.33. The lowest BCUT2D eigenvalue weighted by Crippen LogP contribution is -2.36. The van der Waals surface area contributed by atoms with Crippen molar-refractivity contribution < 1.29 is 14.7 Å². The summed E-state index contributed by atoms with van der Waals surface area (Å²) in [5.74, 6) is -1.37. The topological polar surface area (TPSA) is 96.5 Å². The van der Waals surface area contributed by atoms with Gasteiger partial charge in [-0.3, -0.25) is 14.6 Å². The fraction of sp³-hybridized carbons (Fsp3) is 0.250. The van der Waals surface area contributed by atoms with Gasteiger partial charge in [-0.25, -0.2) is 0 Å². The third kappa shape index (κ3) is 4.25. The number of carbonyl (C=O) groups is 2. The summed E-state index contributed by atoms with van der Waals surface area (Å²) in [6.07, 6.45) is 2.98. The lowest BCUT2D eigenvalue weighted by atomic mass is 10.2. The Hall–Kier alpha value is -2.37. The minimum absolute atomic E-state index is 0.0431. The van der Waals surface area contributed by atoms with Crippen LogP contribution in [0.1, 0.15) is 5.69 Å². The van der Waals surface area contributed by atoms with Crippen LogP contribution in [0.25, 0.3) is 0 Å². The Labute approximate surface area is 105 Å². The monoisotopic (exact) mass is 249 g/mol. The molecule has 18 heavy (non-hydrogen) atoms. The van der Waals surface area contributed by atoms with Gasteiger partial charge in [-0.05, 0) is 12.1 Å². The molecular weight excluding hydrogens is 234 g/mol. The van der Waals surface area contributed by atoms with Crippen LogP contribution in [0, 0.1) is 0 Å². The number of aliphatic carboxylic acids is 1. The number of hydrogen-bond donors (Lipinski definition) is 2. The van der Waals surface area contributed by atoms with Gasteiger partial charge in [0.25, 0.3) is 0 Å². The van der Waals surface area contributed by atoms with Gasteiger partial charge in [0.1, 0.15) is 6.54 Å². The van der Waals surface area contributed by atoms with Crippen molar-refractivity contribution in [3.63, 3.8) is 0 Å². The first-order valence-corrected chi connectivity index (χ1v) is 5.33. The zero-order chi connectivity index (χ0) is 13.5. The first-order chi connectivity index (χ1) is 8.52. The van der Waals surface area contributed by atoms with Crippen LogP contribution in [0.5, 0.6) is 0 Å². The van der Waals surface area contributed by atoms with Crippen LogP contribution in [-0.4, -0.2) is 40.0 Å². The molecule has 6 heteroatoms. The number of carboxylic acid groups (broad SMARTS) is 1. The number of hydrogen-bond acceptors (Lipinski definition) is 4. The molecule has 0 aliphatic rings. The summed E-state index contributed by atoms with van der Waals surface area (Å²) in [6.45, 7) is 3.34. The highest BCUT2D eigenvalue weighted by Crippen LogP contribution is 2.04. The van der Waals surface area contributed by atoms with Crippen molar-refractivity contribution >= 4 is 17.6 Å². The summed E-state index contributed by atoms with van der Waals surface area (Å²) in [6, 6.07) is 3.28. The summed E-state index contributed by atoms with van der Waals surface area (Å²) >= 11 is 0. The Kier molecular flexibility index (Phi) is 4.86. The molecule has 1 aromatic rings. The Bertz CT molecular complexity index is 442. The molecule has 6 nitrogen and oxygen atoms in total. The minimum Gasteiger partial charge on any atom is -0.480 e. The van der Waals surface area contributed by atoms with Gasteiger partial charge in [-0.15, -0.1) is 6.58 Å². The van der Waals surface area contributed by atoms with E-state index in [0.717, 1.165) is 0 Å². The average Bonchev–Trinajstić information content (AvgIpc) is 2.31. The SMILES string of the molecule is C=CCN(CC(=O)O)C(=O)Cc1ccc(N)cn1. The fourth-order valence-electron chi connectivity index (χ4n) is 1.38. The maximum Gasteiger partial charge on any atom is 0.323 e. The van der Waals surface area contributed by atoms with E-state index in [1.807, 2.05) is 0 Å². The van der Waals surface area contributed by atoms with E-state index in [0.29, 0.717) is 11.4 Å². The molecular formula is C12H15N3O3. The second-order valence-corrected chi connectivity index (χ2v) is 3.72. The molecule has 0 aliphatic carbocycles. The lowest BCUT2D eigenvalue weighted by Gasteiger charge is -2.18. The van der Waals surface area contributed by atoms with Crippen LogP contribution in [0.3, 0.4) is 0 Å². The normalized spacial score (nSPS) is 9.78. The highest BCUT2D eigenvalue weighted by molar-refractivity contribution is 5.82. The number of anilines is 1. The van der Waals surface area contributed by atoms with Gasteiger partial charge in [0.05, 0.1) is 18.3 Å². The number of aromatic nitrogens is 1. The van der Waals surface area contributed by atoms with Gasteiger partial charge in [0, 0.05) is 12.2 Å². The standard InChI is InChI=1S/C12H15N3O3/c1-2-5-15(8-12(17)18)11(16)6-10-4-3-9(13)7-14-10/h2-4,7H,1,5-6,8,13H2,(H,17,18). The van der Waals surface area contributed by atoms with E-state index >= 15 is 0 Å². The molecule has 1 heterocycles. The van der Waals surface area contributed by atoms with Crippen molar-refractivity contribution in [2.75, 3.05) is 18.8 Å². The molecule has 0 saturated carbocycles. The van der Waals surface area contributed by atoms with Crippen LogP contribution >= 0.6 is 0 Å². The smallest absolute Gasteiger partial charge is 0.323 e. The second-order valence-electron chi connectivity index (χ2n) is 3.72. The van der Waals surface area contributed by atoms with Crippen molar-refractivity contribution in [1.82, 2.24) is 9.88 Å². The van der Waals surface area contributed by atoms with Gasteiger partial charge >= 0.3 is 5.97 Å². The predicted molar refractivity (Wildman–Crippen MR) is 66.8 cm³/mol. The summed E-state index contributed by atoms with van der Waals surface area (Å²) in [7, 11) is 0. The predicted octanol–water partition coefficient (Wildman–Crippen LogP) is 0.305. The summed E-state index contributed by atoms with van der Waals surface area (Å²) in [4.78, 5) is 27.7. The molecule has 96 valence electrons.